The fourth-order valence-corrected chi connectivity index (χ4v) is 5.91. The number of rotatable bonds is 7. The second-order valence-corrected chi connectivity index (χ2v) is 10.2. The van der Waals surface area contributed by atoms with Crippen molar-refractivity contribution in [3.8, 4) is 11.5 Å². The molecule has 2 aliphatic rings. The molecule has 34 heavy (non-hydrogen) atoms. The smallest absolute Gasteiger partial charge is 0.313 e. The second-order valence-electron chi connectivity index (χ2n) is 9.07. The van der Waals surface area contributed by atoms with Gasteiger partial charge >= 0.3 is 5.97 Å². The summed E-state index contributed by atoms with van der Waals surface area (Å²) in [7, 11) is 0. The summed E-state index contributed by atoms with van der Waals surface area (Å²) in [5.41, 5.74) is 1.23. The third-order valence-corrected chi connectivity index (χ3v) is 7.72. The van der Waals surface area contributed by atoms with E-state index in [0.29, 0.717) is 17.9 Å². The van der Waals surface area contributed by atoms with E-state index in [0.717, 1.165) is 52.9 Å². The molecule has 1 aromatic heterocycles. The Balaban J connectivity index is 1.21. The van der Waals surface area contributed by atoms with Crippen LogP contribution in [0, 0.1) is 5.41 Å². The molecule has 3 aromatic rings. The lowest BCUT2D eigenvalue weighted by molar-refractivity contribution is -0.161. The zero-order valence-corrected chi connectivity index (χ0v) is 20.0. The average Bonchev–Trinajstić information content (AvgIpc) is 3.48. The van der Waals surface area contributed by atoms with Crippen molar-refractivity contribution in [2.24, 2.45) is 5.41 Å². The van der Waals surface area contributed by atoms with Gasteiger partial charge in [0.2, 0.25) is 6.79 Å². The Morgan fingerprint density at radius 3 is 2.74 bits per heavy atom. The van der Waals surface area contributed by atoms with Crippen LogP contribution in [0.3, 0.4) is 0 Å². The molecule has 0 saturated heterocycles. The molecule has 2 heterocycles. The number of esters is 1. The van der Waals surface area contributed by atoms with Crippen molar-refractivity contribution in [1.82, 2.24) is 10.3 Å². The zero-order chi connectivity index (χ0) is 23.5. The Morgan fingerprint density at radius 1 is 1.12 bits per heavy atom. The SMILES string of the molecule is CC(NC(=O)COC(=O)C1(Cc2nc3ccccc3s2)CCCCC1)c1ccc2c(c1)OCO2. The first-order valence-electron chi connectivity index (χ1n) is 11.7. The van der Waals surface area contributed by atoms with Gasteiger partial charge in [0.15, 0.2) is 18.1 Å². The second kappa shape index (κ2) is 9.62. The predicted octanol–water partition coefficient (Wildman–Crippen LogP) is 4.94. The van der Waals surface area contributed by atoms with Crippen LogP contribution in [0.5, 0.6) is 11.5 Å². The van der Waals surface area contributed by atoms with Gasteiger partial charge in [-0.25, -0.2) is 4.98 Å². The quantitative estimate of drug-likeness (QED) is 0.482. The first-order valence-corrected chi connectivity index (χ1v) is 12.5. The number of carbonyl (C=O) groups excluding carboxylic acids is 2. The number of amides is 1. The Hall–Kier alpha value is -3.13. The van der Waals surface area contributed by atoms with Gasteiger partial charge in [-0.15, -0.1) is 11.3 Å². The van der Waals surface area contributed by atoms with Crippen LogP contribution in [0.2, 0.25) is 0 Å². The van der Waals surface area contributed by atoms with Gasteiger partial charge in [0, 0.05) is 6.42 Å². The number of carbonyl (C=O) groups is 2. The van der Waals surface area contributed by atoms with E-state index >= 15 is 0 Å². The number of benzene rings is 2. The van der Waals surface area contributed by atoms with E-state index in [1.165, 1.54) is 0 Å². The molecule has 2 aromatic carbocycles. The van der Waals surface area contributed by atoms with Crippen molar-refractivity contribution in [2.75, 3.05) is 13.4 Å². The molecule has 1 fully saturated rings. The normalized spacial score (nSPS) is 17.3. The lowest BCUT2D eigenvalue weighted by atomic mass is 9.72. The third-order valence-electron chi connectivity index (χ3n) is 6.68. The highest BCUT2D eigenvalue weighted by atomic mass is 32.1. The van der Waals surface area contributed by atoms with E-state index in [9.17, 15) is 9.59 Å². The molecule has 7 nitrogen and oxygen atoms in total. The standard InChI is InChI=1S/C26H28N2O5S/c1-17(18-9-10-20-21(13-18)33-16-32-20)27-23(29)15-31-25(30)26(11-5-2-6-12-26)14-24-28-19-7-3-4-8-22(19)34-24/h3-4,7-10,13,17H,2,5-6,11-12,14-16H2,1H3,(H,27,29). The summed E-state index contributed by atoms with van der Waals surface area (Å²) in [6.07, 6.45) is 5.15. The van der Waals surface area contributed by atoms with Crippen LogP contribution in [-0.2, 0) is 20.7 Å². The number of thiazole rings is 1. The van der Waals surface area contributed by atoms with Gasteiger partial charge in [-0.05, 0) is 49.6 Å². The maximum atomic E-state index is 13.3. The Labute approximate surface area is 202 Å². The molecule has 0 radical (unpaired) electrons. The van der Waals surface area contributed by atoms with Gasteiger partial charge < -0.3 is 19.5 Å². The number of para-hydroxylation sites is 1. The summed E-state index contributed by atoms with van der Waals surface area (Å²) in [5, 5.41) is 3.85. The first-order chi connectivity index (χ1) is 16.5. The van der Waals surface area contributed by atoms with E-state index in [2.05, 4.69) is 5.32 Å². The minimum absolute atomic E-state index is 0.203. The first kappa shape index (κ1) is 22.7. The summed E-state index contributed by atoms with van der Waals surface area (Å²) in [5.74, 6) is 0.739. The Bertz CT molecular complexity index is 1170. The molecule has 0 spiro atoms. The molecule has 1 saturated carbocycles. The van der Waals surface area contributed by atoms with Crippen molar-refractivity contribution in [2.45, 2.75) is 51.5 Å². The Morgan fingerprint density at radius 2 is 1.91 bits per heavy atom. The monoisotopic (exact) mass is 480 g/mol. The highest BCUT2D eigenvalue weighted by Gasteiger charge is 2.42. The van der Waals surface area contributed by atoms with Crippen LogP contribution in [0.25, 0.3) is 10.2 Å². The molecule has 1 aliphatic carbocycles. The summed E-state index contributed by atoms with van der Waals surface area (Å²) >= 11 is 1.63. The molecule has 1 aliphatic heterocycles. The topological polar surface area (TPSA) is 86.8 Å². The molecule has 5 rings (SSSR count). The minimum atomic E-state index is -0.616. The number of hydrogen-bond acceptors (Lipinski definition) is 7. The molecule has 1 unspecified atom stereocenters. The fourth-order valence-electron chi connectivity index (χ4n) is 4.80. The lowest BCUT2D eigenvalue weighted by Gasteiger charge is -2.34. The van der Waals surface area contributed by atoms with Crippen molar-refractivity contribution in [3.63, 3.8) is 0 Å². The maximum absolute atomic E-state index is 13.3. The van der Waals surface area contributed by atoms with Crippen molar-refractivity contribution < 1.29 is 23.8 Å². The van der Waals surface area contributed by atoms with E-state index < -0.39 is 5.41 Å². The van der Waals surface area contributed by atoms with E-state index in [-0.39, 0.29) is 31.3 Å². The van der Waals surface area contributed by atoms with Crippen LogP contribution in [-0.4, -0.2) is 30.3 Å². The number of nitrogens with one attached hydrogen (secondary N) is 1. The van der Waals surface area contributed by atoms with E-state index in [4.69, 9.17) is 19.2 Å². The van der Waals surface area contributed by atoms with Gasteiger partial charge in [-0.2, -0.15) is 0 Å². The van der Waals surface area contributed by atoms with Crippen molar-refractivity contribution in [1.29, 1.82) is 0 Å². The third kappa shape index (κ3) is 4.73. The summed E-state index contributed by atoms with van der Waals surface area (Å²) in [6.45, 7) is 1.79. The number of ether oxygens (including phenoxy) is 3. The number of fused-ring (bicyclic) bond motifs is 2. The van der Waals surface area contributed by atoms with Crippen LogP contribution < -0.4 is 14.8 Å². The van der Waals surface area contributed by atoms with Gasteiger partial charge in [0.05, 0.1) is 26.7 Å². The number of aromatic nitrogens is 1. The lowest BCUT2D eigenvalue weighted by Crippen LogP contribution is -2.39. The molecule has 1 amide bonds. The zero-order valence-electron chi connectivity index (χ0n) is 19.2. The highest BCUT2D eigenvalue weighted by molar-refractivity contribution is 7.18. The average molecular weight is 481 g/mol. The number of nitrogens with zero attached hydrogens (tertiary/aromatic N) is 1. The summed E-state index contributed by atoms with van der Waals surface area (Å²) in [6, 6.07) is 13.3. The summed E-state index contributed by atoms with van der Waals surface area (Å²) < 4.78 is 17.5. The highest BCUT2D eigenvalue weighted by Crippen LogP contribution is 2.42. The summed E-state index contributed by atoms with van der Waals surface area (Å²) in [4.78, 5) is 30.6. The van der Waals surface area contributed by atoms with Gasteiger partial charge in [-0.1, -0.05) is 37.5 Å². The van der Waals surface area contributed by atoms with Crippen LogP contribution in [0.4, 0.5) is 0 Å². The van der Waals surface area contributed by atoms with Gasteiger partial charge in [-0.3, -0.25) is 9.59 Å². The van der Waals surface area contributed by atoms with E-state index in [1.54, 1.807) is 11.3 Å². The number of hydrogen-bond donors (Lipinski definition) is 1. The molecular formula is C26H28N2O5S. The van der Waals surface area contributed by atoms with Crippen molar-refractivity contribution >= 4 is 33.4 Å². The fraction of sp³-hybridized carbons (Fsp3) is 0.423. The maximum Gasteiger partial charge on any atom is 0.313 e. The molecule has 178 valence electrons. The van der Waals surface area contributed by atoms with Crippen LogP contribution >= 0.6 is 11.3 Å². The van der Waals surface area contributed by atoms with Crippen LogP contribution in [0.1, 0.15) is 55.6 Å². The minimum Gasteiger partial charge on any atom is -0.455 e. The molecule has 0 bridgehead atoms. The molecule has 8 heteroatoms. The molecular weight excluding hydrogens is 452 g/mol. The van der Waals surface area contributed by atoms with E-state index in [1.807, 2.05) is 49.4 Å². The van der Waals surface area contributed by atoms with Gasteiger partial charge in [0.1, 0.15) is 0 Å². The predicted molar refractivity (Wildman–Crippen MR) is 129 cm³/mol. The Kier molecular flexibility index (Phi) is 6.41. The van der Waals surface area contributed by atoms with Crippen LogP contribution in [0.15, 0.2) is 42.5 Å². The van der Waals surface area contributed by atoms with Crippen molar-refractivity contribution in [3.05, 3.63) is 53.0 Å². The van der Waals surface area contributed by atoms with Gasteiger partial charge in [0.25, 0.3) is 5.91 Å². The molecule has 1 N–H and O–H groups in total. The molecule has 1 atom stereocenters. The largest absolute Gasteiger partial charge is 0.455 e.